The van der Waals surface area contributed by atoms with E-state index in [-0.39, 0.29) is 0 Å². The van der Waals surface area contributed by atoms with Crippen molar-refractivity contribution in [2.75, 3.05) is 7.11 Å². The number of nitrogens with zero attached hydrogens (tertiary/aromatic N) is 2. The summed E-state index contributed by atoms with van der Waals surface area (Å²) in [5.74, 6) is 1.18. The van der Waals surface area contributed by atoms with Gasteiger partial charge in [-0.3, -0.25) is 4.79 Å². The van der Waals surface area contributed by atoms with Gasteiger partial charge in [-0.1, -0.05) is 26.7 Å². The van der Waals surface area contributed by atoms with Crippen molar-refractivity contribution in [3.05, 3.63) is 29.5 Å². The lowest BCUT2D eigenvalue weighted by Gasteiger charge is -2.31. The first kappa shape index (κ1) is 20.3. The standard InChI is InChI=1S/C25H36N2O2/c1-4-8-18-12-13-19(9-5-2)27(18)25(28)17-26-23-11-7-6-10-21(23)22-15-14-20(29-3)16-24(22)26/h14-16,18-19H,4-13,17H2,1-3H3. The zero-order valence-electron chi connectivity index (χ0n) is 18.4. The summed E-state index contributed by atoms with van der Waals surface area (Å²) in [5.41, 5.74) is 4.01. The van der Waals surface area contributed by atoms with Crippen LogP contribution in [-0.2, 0) is 24.2 Å². The van der Waals surface area contributed by atoms with E-state index in [4.69, 9.17) is 4.74 Å². The summed E-state index contributed by atoms with van der Waals surface area (Å²) >= 11 is 0. The maximum atomic E-state index is 13.6. The van der Waals surface area contributed by atoms with Crippen LogP contribution >= 0.6 is 0 Å². The lowest BCUT2D eigenvalue weighted by Crippen LogP contribution is -2.43. The van der Waals surface area contributed by atoms with Gasteiger partial charge in [0, 0.05) is 29.2 Å². The van der Waals surface area contributed by atoms with Crippen LogP contribution in [0.3, 0.4) is 0 Å². The highest BCUT2D eigenvalue weighted by molar-refractivity contribution is 5.89. The number of benzene rings is 1. The van der Waals surface area contributed by atoms with Gasteiger partial charge in [0.1, 0.15) is 12.3 Å². The predicted octanol–water partition coefficient (Wildman–Crippen LogP) is 5.49. The highest BCUT2D eigenvalue weighted by Gasteiger charge is 2.36. The number of aryl methyl sites for hydroxylation is 1. The number of carbonyl (C=O) groups excluding carboxylic acids is 1. The average Bonchev–Trinajstić information content (AvgIpc) is 3.27. The third kappa shape index (κ3) is 3.78. The summed E-state index contributed by atoms with van der Waals surface area (Å²) in [6.45, 7) is 4.94. The second-order valence-corrected chi connectivity index (χ2v) is 8.86. The number of methoxy groups -OCH3 is 1. The Labute approximate surface area is 175 Å². The van der Waals surface area contributed by atoms with E-state index in [1.54, 1.807) is 7.11 Å². The molecule has 1 amide bonds. The monoisotopic (exact) mass is 396 g/mol. The summed E-state index contributed by atoms with van der Waals surface area (Å²) in [4.78, 5) is 15.9. The second kappa shape index (κ2) is 8.81. The Hall–Kier alpha value is -1.97. The third-order valence-electron chi connectivity index (χ3n) is 7.03. The van der Waals surface area contributed by atoms with Crippen LogP contribution in [-0.4, -0.2) is 34.6 Å². The lowest BCUT2D eigenvalue weighted by atomic mass is 9.95. The predicted molar refractivity (Wildman–Crippen MR) is 119 cm³/mol. The van der Waals surface area contributed by atoms with Gasteiger partial charge in [0.15, 0.2) is 0 Å². The van der Waals surface area contributed by atoms with Gasteiger partial charge in [0.2, 0.25) is 5.91 Å². The van der Waals surface area contributed by atoms with E-state index < -0.39 is 0 Å². The van der Waals surface area contributed by atoms with Crippen LogP contribution in [0.15, 0.2) is 18.2 Å². The molecule has 4 rings (SSSR count). The third-order valence-corrected chi connectivity index (χ3v) is 7.03. The van der Waals surface area contributed by atoms with Gasteiger partial charge in [0.25, 0.3) is 0 Å². The van der Waals surface area contributed by atoms with Crippen LogP contribution < -0.4 is 4.74 Å². The van der Waals surface area contributed by atoms with E-state index in [1.165, 1.54) is 47.8 Å². The van der Waals surface area contributed by atoms with Crippen LogP contribution in [0.2, 0.25) is 0 Å². The zero-order chi connectivity index (χ0) is 20.4. The fourth-order valence-corrected chi connectivity index (χ4v) is 5.74. The molecule has 1 aliphatic carbocycles. The Morgan fingerprint density at radius 3 is 2.41 bits per heavy atom. The van der Waals surface area contributed by atoms with Crippen LogP contribution in [0.25, 0.3) is 10.9 Å². The van der Waals surface area contributed by atoms with E-state index in [2.05, 4.69) is 41.5 Å². The SMILES string of the molecule is CCCC1CCC(CCC)N1C(=O)Cn1c2c(c3ccc(OC)cc31)CCCC2. The molecule has 1 aromatic heterocycles. The normalized spacial score (nSPS) is 21.6. The number of hydrogen-bond acceptors (Lipinski definition) is 2. The number of amides is 1. The summed E-state index contributed by atoms with van der Waals surface area (Å²) in [6, 6.07) is 7.22. The van der Waals surface area contributed by atoms with Gasteiger partial charge in [-0.15, -0.1) is 0 Å². The van der Waals surface area contributed by atoms with Crippen molar-refractivity contribution in [1.29, 1.82) is 0 Å². The molecule has 0 N–H and O–H groups in total. The Morgan fingerprint density at radius 1 is 1.07 bits per heavy atom. The Balaban J connectivity index is 1.70. The molecule has 0 radical (unpaired) electrons. The number of rotatable bonds is 7. The van der Waals surface area contributed by atoms with Gasteiger partial charge in [-0.2, -0.15) is 0 Å². The average molecular weight is 397 g/mol. The number of fused-ring (bicyclic) bond motifs is 3. The summed E-state index contributed by atoms with van der Waals surface area (Å²) < 4.78 is 7.82. The molecular formula is C25H36N2O2. The fraction of sp³-hybridized carbons (Fsp3) is 0.640. The molecular weight excluding hydrogens is 360 g/mol. The van der Waals surface area contributed by atoms with E-state index in [9.17, 15) is 4.79 Å². The van der Waals surface area contributed by atoms with Gasteiger partial charge in [0.05, 0.1) is 12.6 Å². The van der Waals surface area contributed by atoms with Crippen molar-refractivity contribution in [1.82, 2.24) is 9.47 Å². The van der Waals surface area contributed by atoms with Crippen LogP contribution in [0, 0.1) is 0 Å². The molecule has 2 unspecified atom stereocenters. The van der Waals surface area contributed by atoms with Crippen molar-refractivity contribution >= 4 is 16.8 Å². The molecule has 1 saturated heterocycles. The highest BCUT2D eigenvalue weighted by Crippen LogP contribution is 2.35. The van der Waals surface area contributed by atoms with Crippen molar-refractivity contribution in [2.45, 2.75) is 96.7 Å². The lowest BCUT2D eigenvalue weighted by molar-refractivity contribution is -0.135. The van der Waals surface area contributed by atoms with E-state index >= 15 is 0 Å². The first-order chi connectivity index (χ1) is 14.2. The molecule has 0 spiro atoms. The van der Waals surface area contributed by atoms with Crippen molar-refractivity contribution in [3.8, 4) is 5.75 Å². The second-order valence-electron chi connectivity index (χ2n) is 8.86. The highest BCUT2D eigenvalue weighted by atomic mass is 16.5. The quantitative estimate of drug-likeness (QED) is 0.620. The first-order valence-corrected chi connectivity index (χ1v) is 11.7. The molecule has 158 valence electrons. The van der Waals surface area contributed by atoms with E-state index in [0.29, 0.717) is 24.5 Å². The number of aromatic nitrogens is 1. The molecule has 0 saturated carbocycles. The van der Waals surface area contributed by atoms with E-state index in [1.807, 2.05) is 0 Å². The molecule has 2 atom stereocenters. The molecule has 4 nitrogen and oxygen atoms in total. The minimum absolute atomic E-state index is 0.312. The van der Waals surface area contributed by atoms with Gasteiger partial charge in [-0.05, 0) is 69.1 Å². The van der Waals surface area contributed by atoms with Crippen molar-refractivity contribution < 1.29 is 9.53 Å². The van der Waals surface area contributed by atoms with Crippen molar-refractivity contribution in [3.63, 3.8) is 0 Å². The fourth-order valence-electron chi connectivity index (χ4n) is 5.74. The Morgan fingerprint density at radius 2 is 1.76 bits per heavy atom. The van der Waals surface area contributed by atoms with Crippen LogP contribution in [0.4, 0.5) is 0 Å². The maximum absolute atomic E-state index is 13.6. The molecule has 0 bridgehead atoms. The number of carbonyl (C=O) groups is 1. The molecule has 1 fully saturated rings. The number of hydrogen-bond donors (Lipinski definition) is 0. The smallest absolute Gasteiger partial charge is 0.243 e. The maximum Gasteiger partial charge on any atom is 0.243 e. The molecule has 4 heteroatoms. The van der Waals surface area contributed by atoms with Crippen LogP contribution in [0.5, 0.6) is 5.75 Å². The molecule has 29 heavy (non-hydrogen) atoms. The Kier molecular flexibility index (Phi) is 6.17. The molecule has 1 aromatic carbocycles. The summed E-state index contributed by atoms with van der Waals surface area (Å²) in [5, 5.41) is 1.31. The largest absolute Gasteiger partial charge is 0.497 e. The Bertz CT molecular complexity index is 855. The molecule has 2 aliphatic rings. The zero-order valence-corrected chi connectivity index (χ0v) is 18.4. The topological polar surface area (TPSA) is 34.5 Å². The molecule has 1 aliphatic heterocycles. The van der Waals surface area contributed by atoms with E-state index in [0.717, 1.165) is 44.3 Å². The first-order valence-electron chi connectivity index (χ1n) is 11.7. The van der Waals surface area contributed by atoms with Gasteiger partial charge < -0.3 is 14.2 Å². The number of likely N-dealkylation sites (tertiary alicyclic amines) is 1. The minimum atomic E-state index is 0.312. The molecule has 2 aromatic rings. The summed E-state index contributed by atoms with van der Waals surface area (Å²) in [7, 11) is 1.72. The van der Waals surface area contributed by atoms with Crippen molar-refractivity contribution in [2.24, 2.45) is 0 Å². The van der Waals surface area contributed by atoms with Gasteiger partial charge in [-0.25, -0.2) is 0 Å². The summed E-state index contributed by atoms with van der Waals surface area (Å²) in [6.07, 6.45) is 11.6. The number of ether oxygens (including phenoxy) is 1. The molecule has 2 heterocycles. The minimum Gasteiger partial charge on any atom is -0.497 e. The van der Waals surface area contributed by atoms with Crippen LogP contribution in [0.1, 0.15) is 76.5 Å². The van der Waals surface area contributed by atoms with Gasteiger partial charge >= 0.3 is 0 Å².